The zero-order chi connectivity index (χ0) is 9.68. The molecule has 0 radical (unpaired) electrons. The molecule has 1 fully saturated rings. The number of hydrazine groups is 1. The van der Waals surface area contributed by atoms with Gasteiger partial charge in [0.1, 0.15) is 0 Å². The summed E-state index contributed by atoms with van der Waals surface area (Å²) in [5.74, 6) is 7.69. The number of thioether (sulfide) groups is 1. The van der Waals surface area contributed by atoms with Crippen molar-refractivity contribution in [2.45, 2.75) is 50.8 Å². The molecule has 0 saturated carbocycles. The monoisotopic (exact) mass is 202 g/mol. The van der Waals surface area contributed by atoms with Crippen molar-refractivity contribution in [3.05, 3.63) is 0 Å². The molecule has 2 nitrogen and oxygen atoms in total. The van der Waals surface area contributed by atoms with Gasteiger partial charge >= 0.3 is 0 Å². The molecular formula is C10H22N2S. The molecule has 13 heavy (non-hydrogen) atoms. The minimum absolute atomic E-state index is 0.537. The maximum atomic E-state index is 5.58. The van der Waals surface area contributed by atoms with E-state index in [1.165, 1.54) is 31.4 Å². The van der Waals surface area contributed by atoms with Crippen LogP contribution in [0.4, 0.5) is 0 Å². The van der Waals surface area contributed by atoms with Crippen LogP contribution >= 0.6 is 11.8 Å². The third kappa shape index (κ3) is 3.88. The average Bonchev–Trinajstić information content (AvgIpc) is 2.58. The van der Waals surface area contributed by atoms with Gasteiger partial charge in [0.25, 0.3) is 0 Å². The van der Waals surface area contributed by atoms with E-state index in [2.05, 4.69) is 31.0 Å². The summed E-state index contributed by atoms with van der Waals surface area (Å²) in [6.07, 6.45) is 5.23. The Labute approximate surface area is 86.0 Å². The normalized spacial score (nSPS) is 25.4. The Morgan fingerprint density at radius 3 is 2.69 bits per heavy atom. The van der Waals surface area contributed by atoms with Crippen molar-refractivity contribution in [1.82, 2.24) is 5.43 Å². The van der Waals surface area contributed by atoms with Crippen LogP contribution in [0.1, 0.15) is 39.5 Å². The number of nitrogens with two attached hydrogens (primary N) is 1. The number of hydrogen-bond acceptors (Lipinski definition) is 3. The summed E-state index contributed by atoms with van der Waals surface area (Å²) in [6, 6.07) is 0.537. The first kappa shape index (κ1) is 11.3. The molecule has 3 heteroatoms. The van der Waals surface area contributed by atoms with Crippen molar-refractivity contribution >= 4 is 11.8 Å². The van der Waals surface area contributed by atoms with Crippen LogP contribution in [0.5, 0.6) is 0 Å². The van der Waals surface area contributed by atoms with E-state index in [-0.39, 0.29) is 0 Å². The summed E-state index contributed by atoms with van der Waals surface area (Å²) in [6.45, 7) is 4.55. The van der Waals surface area contributed by atoms with Crippen LogP contribution in [-0.4, -0.2) is 17.0 Å². The molecule has 0 aliphatic carbocycles. The van der Waals surface area contributed by atoms with Crippen molar-refractivity contribution in [2.75, 3.05) is 5.75 Å². The van der Waals surface area contributed by atoms with Gasteiger partial charge in [0.2, 0.25) is 0 Å². The third-order valence-corrected chi connectivity index (χ3v) is 4.20. The lowest BCUT2D eigenvalue weighted by molar-refractivity contribution is 0.421. The number of rotatable bonds is 5. The largest absolute Gasteiger partial charge is 0.271 e. The van der Waals surface area contributed by atoms with Crippen LogP contribution in [0.3, 0.4) is 0 Å². The predicted molar refractivity (Wildman–Crippen MR) is 60.7 cm³/mol. The highest BCUT2D eigenvalue weighted by Gasteiger charge is 2.24. The summed E-state index contributed by atoms with van der Waals surface area (Å²) in [5, 5.41) is 0.767. The first-order valence-corrected chi connectivity index (χ1v) is 6.36. The summed E-state index contributed by atoms with van der Waals surface area (Å²) < 4.78 is 0. The van der Waals surface area contributed by atoms with E-state index in [1.54, 1.807) is 0 Å². The molecule has 1 rings (SSSR count). The lowest BCUT2D eigenvalue weighted by atomic mass is 10.00. The van der Waals surface area contributed by atoms with Gasteiger partial charge in [-0.05, 0) is 37.4 Å². The van der Waals surface area contributed by atoms with Crippen LogP contribution in [-0.2, 0) is 0 Å². The second-order valence-corrected chi connectivity index (χ2v) is 5.64. The van der Waals surface area contributed by atoms with Crippen molar-refractivity contribution in [3.8, 4) is 0 Å². The van der Waals surface area contributed by atoms with Gasteiger partial charge in [-0.15, -0.1) is 0 Å². The van der Waals surface area contributed by atoms with E-state index < -0.39 is 0 Å². The minimum atomic E-state index is 0.537. The summed E-state index contributed by atoms with van der Waals surface area (Å²) in [4.78, 5) is 0. The molecular weight excluding hydrogens is 180 g/mol. The SMILES string of the molecule is CC(C)CCC(NN)C1CCCS1. The molecule has 1 heterocycles. The molecule has 1 aliphatic rings. The average molecular weight is 202 g/mol. The highest BCUT2D eigenvalue weighted by Crippen LogP contribution is 2.30. The fourth-order valence-electron chi connectivity index (χ4n) is 1.81. The van der Waals surface area contributed by atoms with Crippen molar-refractivity contribution < 1.29 is 0 Å². The summed E-state index contributed by atoms with van der Waals surface area (Å²) >= 11 is 2.08. The molecule has 2 unspecified atom stereocenters. The number of hydrogen-bond donors (Lipinski definition) is 2. The van der Waals surface area contributed by atoms with Gasteiger partial charge in [0.05, 0.1) is 0 Å². The quantitative estimate of drug-likeness (QED) is 0.530. The molecule has 0 aromatic rings. The fraction of sp³-hybridized carbons (Fsp3) is 1.00. The van der Waals surface area contributed by atoms with Crippen molar-refractivity contribution in [1.29, 1.82) is 0 Å². The van der Waals surface area contributed by atoms with Gasteiger partial charge in [-0.25, -0.2) is 0 Å². The topological polar surface area (TPSA) is 38.0 Å². The first-order chi connectivity index (χ1) is 6.24. The van der Waals surface area contributed by atoms with E-state index in [4.69, 9.17) is 5.84 Å². The standard InChI is InChI=1S/C10H22N2S/c1-8(2)5-6-9(12-11)10-4-3-7-13-10/h8-10,12H,3-7,11H2,1-2H3. The second-order valence-electron chi connectivity index (χ2n) is 4.30. The zero-order valence-electron chi connectivity index (χ0n) is 8.75. The highest BCUT2D eigenvalue weighted by atomic mass is 32.2. The molecule has 1 saturated heterocycles. The molecule has 1 aliphatic heterocycles. The van der Waals surface area contributed by atoms with E-state index in [9.17, 15) is 0 Å². The van der Waals surface area contributed by atoms with Gasteiger partial charge < -0.3 is 0 Å². The van der Waals surface area contributed by atoms with Gasteiger partial charge in [-0.2, -0.15) is 11.8 Å². The summed E-state index contributed by atoms with van der Waals surface area (Å²) in [7, 11) is 0. The zero-order valence-corrected chi connectivity index (χ0v) is 9.57. The lowest BCUT2D eigenvalue weighted by Crippen LogP contribution is -2.41. The Balaban J connectivity index is 2.24. The molecule has 2 atom stereocenters. The van der Waals surface area contributed by atoms with Crippen LogP contribution in [0.25, 0.3) is 0 Å². The van der Waals surface area contributed by atoms with E-state index >= 15 is 0 Å². The highest BCUT2D eigenvalue weighted by molar-refractivity contribution is 8.00. The Morgan fingerprint density at radius 1 is 1.46 bits per heavy atom. The predicted octanol–water partition coefficient (Wildman–Crippen LogP) is 2.15. The van der Waals surface area contributed by atoms with Crippen molar-refractivity contribution in [2.24, 2.45) is 11.8 Å². The third-order valence-electron chi connectivity index (χ3n) is 2.68. The Bertz CT molecular complexity index is 133. The van der Waals surface area contributed by atoms with E-state index in [0.29, 0.717) is 6.04 Å². The fourth-order valence-corrected chi connectivity index (χ4v) is 3.23. The minimum Gasteiger partial charge on any atom is -0.271 e. The van der Waals surface area contributed by atoms with Crippen LogP contribution in [0, 0.1) is 5.92 Å². The smallest absolute Gasteiger partial charge is 0.0329 e. The molecule has 0 bridgehead atoms. The molecule has 0 spiro atoms. The van der Waals surface area contributed by atoms with Crippen LogP contribution < -0.4 is 11.3 Å². The maximum absolute atomic E-state index is 5.58. The van der Waals surface area contributed by atoms with Gasteiger partial charge in [-0.1, -0.05) is 13.8 Å². The molecule has 0 aromatic heterocycles. The molecule has 0 amide bonds. The van der Waals surface area contributed by atoms with E-state index in [0.717, 1.165) is 11.2 Å². The molecule has 3 N–H and O–H groups in total. The Kier molecular flexibility index (Phi) is 5.14. The molecule has 78 valence electrons. The maximum Gasteiger partial charge on any atom is 0.0329 e. The number of nitrogens with one attached hydrogen (secondary N) is 1. The Hall–Kier alpha value is 0.270. The second kappa shape index (κ2) is 5.89. The van der Waals surface area contributed by atoms with E-state index in [1.807, 2.05) is 0 Å². The van der Waals surface area contributed by atoms with Gasteiger partial charge in [0.15, 0.2) is 0 Å². The van der Waals surface area contributed by atoms with Crippen molar-refractivity contribution in [3.63, 3.8) is 0 Å². The lowest BCUT2D eigenvalue weighted by Gasteiger charge is -2.22. The summed E-state index contributed by atoms with van der Waals surface area (Å²) in [5.41, 5.74) is 2.98. The van der Waals surface area contributed by atoms with Gasteiger partial charge in [0, 0.05) is 11.3 Å². The van der Waals surface area contributed by atoms with Gasteiger partial charge in [-0.3, -0.25) is 11.3 Å². The Morgan fingerprint density at radius 2 is 2.23 bits per heavy atom. The van der Waals surface area contributed by atoms with Crippen LogP contribution in [0.15, 0.2) is 0 Å². The molecule has 0 aromatic carbocycles. The first-order valence-electron chi connectivity index (χ1n) is 5.31. The van der Waals surface area contributed by atoms with Crippen LogP contribution in [0.2, 0.25) is 0 Å².